The van der Waals surface area contributed by atoms with Gasteiger partial charge in [-0.3, -0.25) is 0 Å². The van der Waals surface area contributed by atoms with E-state index in [-0.39, 0.29) is 40.4 Å². The Morgan fingerprint density at radius 3 is 0.906 bits per heavy atom. The first-order valence-electron chi connectivity index (χ1n) is 21.2. The normalized spacial score (nSPS) is 22.2. The third-order valence-corrected chi connectivity index (χ3v) is 12.1. The van der Waals surface area contributed by atoms with E-state index in [1.807, 2.05) is 0 Å². The van der Waals surface area contributed by atoms with Gasteiger partial charge in [-0.2, -0.15) is 14.4 Å². The maximum absolute atomic E-state index is 12.5. The average Bonchev–Trinajstić information content (AvgIpc) is 3.33. The van der Waals surface area contributed by atoms with E-state index in [1.54, 1.807) is 36.4 Å². The lowest BCUT2D eigenvalue weighted by Crippen LogP contribution is -2.39. The van der Waals surface area contributed by atoms with Crippen molar-refractivity contribution < 1.29 is 86.5 Å². The second-order valence-corrected chi connectivity index (χ2v) is 15.8. The Morgan fingerprint density at radius 2 is 0.656 bits per heavy atom. The molecule has 64 heavy (non-hydrogen) atoms. The number of rotatable bonds is 12. The third kappa shape index (κ3) is 13.4. The fraction of sp³-hybridized carbons (Fsp3) is 0.478. The van der Waals surface area contributed by atoms with Crippen LogP contribution in [0.4, 0.5) is 14.4 Å². The zero-order valence-electron chi connectivity index (χ0n) is 35.8. The van der Waals surface area contributed by atoms with E-state index in [0.29, 0.717) is 55.8 Å². The van der Waals surface area contributed by atoms with E-state index in [1.165, 1.54) is 57.7 Å². The summed E-state index contributed by atoms with van der Waals surface area (Å²) < 4.78 is 31.9. The molecular formula is C46H52O18. The summed E-state index contributed by atoms with van der Waals surface area (Å²) in [5, 5.41) is 0. The van der Waals surface area contributed by atoms with Crippen LogP contribution in [0.15, 0.2) is 72.8 Å². The van der Waals surface area contributed by atoms with Crippen molar-refractivity contribution in [1.29, 1.82) is 0 Å². The summed E-state index contributed by atoms with van der Waals surface area (Å²) in [6, 6.07) is 18.6. The average molecular weight is 893 g/mol. The monoisotopic (exact) mass is 892 g/mol. The van der Waals surface area contributed by atoms with Crippen molar-refractivity contribution in [3.05, 3.63) is 89.5 Å². The molecule has 6 rings (SSSR count). The Hall–Kier alpha value is -6.72. The highest BCUT2D eigenvalue weighted by atomic mass is 17.2. The lowest BCUT2D eigenvalue weighted by atomic mass is 9.61. The van der Waals surface area contributed by atoms with Crippen molar-refractivity contribution in [1.82, 2.24) is 0 Å². The smallest absolute Gasteiger partial charge is 0.497 e. The molecular weight excluding hydrogens is 840 g/mol. The number of benzene rings is 3. The predicted molar refractivity (Wildman–Crippen MR) is 219 cm³/mol. The topological polar surface area (TPSA) is 213 Å². The summed E-state index contributed by atoms with van der Waals surface area (Å²) in [5.74, 6) is -0.252. The summed E-state index contributed by atoms with van der Waals surface area (Å²) in [6.07, 6.45) is 3.28. The van der Waals surface area contributed by atoms with Crippen molar-refractivity contribution in [2.45, 2.75) is 95.4 Å². The van der Waals surface area contributed by atoms with Crippen LogP contribution in [-0.4, -0.2) is 76.0 Å². The highest BCUT2D eigenvalue weighted by molar-refractivity contribution is 5.91. The summed E-state index contributed by atoms with van der Waals surface area (Å²) in [7, 11) is 4.38. The van der Waals surface area contributed by atoms with Gasteiger partial charge in [0.05, 0.1) is 38.0 Å². The maximum atomic E-state index is 12.5. The van der Waals surface area contributed by atoms with Gasteiger partial charge < -0.3 is 28.4 Å². The molecule has 0 unspecified atom stereocenters. The lowest BCUT2D eigenvalue weighted by Gasteiger charge is -2.45. The Balaban J connectivity index is 0.997. The molecule has 0 spiro atoms. The van der Waals surface area contributed by atoms with Crippen LogP contribution in [0.5, 0.6) is 17.2 Å². The van der Waals surface area contributed by atoms with Gasteiger partial charge in [-0.25, -0.2) is 43.7 Å². The lowest BCUT2D eigenvalue weighted by molar-refractivity contribution is -0.209. The Bertz CT molecular complexity index is 1830. The number of carbonyl (C=O) groups is 6. The van der Waals surface area contributed by atoms with Crippen LogP contribution in [-0.2, 0) is 43.5 Å². The second kappa shape index (κ2) is 23.1. The van der Waals surface area contributed by atoms with E-state index in [0.717, 1.165) is 38.5 Å². The van der Waals surface area contributed by atoms with Gasteiger partial charge in [-0.1, -0.05) is 18.2 Å². The van der Waals surface area contributed by atoms with Crippen LogP contribution < -0.4 is 14.2 Å². The number of hydrogen-bond donors (Lipinski definition) is 0. The molecule has 0 aliphatic heterocycles. The first kappa shape index (κ1) is 46.8. The first-order valence-corrected chi connectivity index (χ1v) is 21.2. The van der Waals surface area contributed by atoms with E-state index in [2.05, 4.69) is 14.7 Å². The molecule has 0 radical (unpaired) electrons. The van der Waals surface area contributed by atoms with E-state index in [4.69, 9.17) is 43.1 Å². The van der Waals surface area contributed by atoms with Gasteiger partial charge in [-0.15, -0.1) is 0 Å². The van der Waals surface area contributed by atoms with Gasteiger partial charge in [0.15, 0.2) is 0 Å². The largest absolute Gasteiger partial charge is 0.550 e. The van der Waals surface area contributed by atoms with Gasteiger partial charge in [-0.05, 0) is 155 Å². The molecule has 0 heterocycles. The van der Waals surface area contributed by atoms with Crippen LogP contribution in [0.1, 0.15) is 108 Å². The fourth-order valence-electron chi connectivity index (χ4n) is 9.01. The molecule has 3 aliphatic carbocycles. The maximum Gasteiger partial charge on any atom is 0.550 e. The number of hydrogen-bond acceptors (Lipinski definition) is 18. The van der Waals surface area contributed by atoms with Crippen LogP contribution in [0, 0.1) is 23.7 Å². The highest BCUT2D eigenvalue weighted by Gasteiger charge is 2.42. The summed E-state index contributed by atoms with van der Waals surface area (Å²) >= 11 is 0. The fourth-order valence-corrected chi connectivity index (χ4v) is 9.01. The molecule has 3 aromatic rings. The number of carbonyl (C=O) groups excluding carboxylic acids is 6. The van der Waals surface area contributed by atoms with Crippen molar-refractivity contribution in [3.63, 3.8) is 0 Å². The minimum atomic E-state index is -1.12. The molecule has 0 saturated heterocycles. The van der Waals surface area contributed by atoms with Crippen molar-refractivity contribution in [2.75, 3.05) is 21.3 Å². The molecule has 0 N–H and O–H groups in total. The molecule has 18 nitrogen and oxygen atoms in total. The summed E-state index contributed by atoms with van der Waals surface area (Å²) in [5.41, 5.74) is 0.408. The number of ether oxygens (including phenoxy) is 6. The minimum absolute atomic E-state index is 0.136. The van der Waals surface area contributed by atoms with E-state index in [9.17, 15) is 28.8 Å². The van der Waals surface area contributed by atoms with Crippen LogP contribution in [0.3, 0.4) is 0 Å². The molecule has 0 atom stereocenters. The Morgan fingerprint density at radius 1 is 0.391 bits per heavy atom. The van der Waals surface area contributed by atoms with Crippen molar-refractivity contribution >= 4 is 36.4 Å². The Kier molecular flexibility index (Phi) is 16.9. The molecule has 3 aromatic carbocycles. The third-order valence-electron chi connectivity index (χ3n) is 12.1. The minimum Gasteiger partial charge on any atom is -0.497 e. The summed E-state index contributed by atoms with van der Waals surface area (Å²) in [6.45, 7) is 0. The van der Waals surface area contributed by atoms with Gasteiger partial charge >= 0.3 is 36.4 Å². The molecule has 0 aromatic heterocycles. The standard InChI is InChI=1S/C46H52O18/c1-53-37-10-4-7-31(25-37)41(47)59-62-44(50)56-34-19-13-28(14-20-34)40(29-15-21-35(22-16-29)57-45(51)63-60-42(48)32-8-5-11-38(26-32)54-2)30-17-23-36(24-18-30)58-46(52)64-61-43(49)33-9-6-12-39(27-33)55-3/h4-12,25-30,34-36,40H,13-24H2,1-3H3. The van der Waals surface area contributed by atoms with Gasteiger partial charge in [0.2, 0.25) is 0 Å². The molecule has 3 aliphatic rings. The SMILES string of the molecule is COc1cccc(C(=O)OOC(=O)OC2CCC(C(C3CCC(OC(=O)OOC(=O)c4cccc(OC)c4)CC3)C3CCC(OC(=O)OOC(=O)c4cccc(OC)c4)CC3)CC2)c1. The van der Waals surface area contributed by atoms with E-state index >= 15 is 0 Å². The van der Waals surface area contributed by atoms with Gasteiger partial charge in [0.1, 0.15) is 35.6 Å². The summed E-state index contributed by atoms with van der Waals surface area (Å²) in [4.78, 5) is 103. The molecule has 344 valence electrons. The van der Waals surface area contributed by atoms with Crippen LogP contribution >= 0.6 is 0 Å². The van der Waals surface area contributed by atoms with Crippen molar-refractivity contribution in [3.8, 4) is 17.2 Å². The molecule has 0 bridgehead atoms. The highest BCUT2D eigenvalue weighted by Crippen LogP contribution is 2.48. The molecule has 0 amide bonds. The van der Waals surface area contributed by atoms with E-state index < -0.39 is 54.7 Å². The van der Waals surface area contributed by atoms with Crippen LogP contribution in [0.25, 0.3) is 0 Å². The van der Waals surface area contributed by atoms with Crippen molar-refractivity contribution in [2.24, 2.45) is 23.7 Å². The zero-order valence-corrected chi connectivity index (χ0v) is 35.8. The second-order valence-electron chi connectivity index (χ2n) is 15.8. The molecule has 18 heteroatoms. The molecule has 3 fully saturated rings. The van der Waals surface area contributed by atoms with Gasteiger partial charge in [0.25, 0.3) is 0 Å². The number of methoxy groups -OCH3 is 3. The molecule has 3 saturated carbocycles. The Labute approximate surface area is 369 Å². The zero-order chi connectivity index (χ0) is 45.4. The predicted octanol–water partition coefficient (Wildman–Crippen LogP) is 9.08. The quantitative estimate of drug-likeness (QED) is 0.0717. The van der Waals surface area contributed by atoms with Gasteiger partial charge in [0, 0.05) is 0 Å². The van der Waals surface area contributed by atoms with Crippen LogP contribution in [0.2, 0.25) is 0 Å². The first-order chi connectivity index (χ1) is 31.0.